The van der Waals surface area contributed by atoms with Gasteiger partial charge >= 0.3 is 0 Å². The lowest BCUT2D eigenvalue weighted by Gasteiger charge is -2.34. The quantitative estimate of drug-likeness (QED) is 0.429. The van der Waals surface area contributed by atoms with Gasteiger partial charge in [-0.15, -0.1) is 0 Å². The van der Waals surface area contributed by atoms with E-state index in [9.17, 15) is 0 Å². The molecule has 1 fully saturated rings. The zero-order valence-electron chi connectivity index (χ0n) is 16.9. The number of hydrogen-bond donors (Lipinski definition) is 1. The van der Waals surface area contributed by atoms with Crippen LogP contribution in [0.15, 0.2) is 47.7 Å². The van der Waals surface area contributed by atoms with Gasteiger partial charge in [0.2, 0.25) is 0 Å². The summed E-state index contributed by atoms with van der Waals surface area (Å²) in [7, 11) is 3.76. The molecule has 1 aromatic carbocycles. The van der Waals surface area contributed by atoms with E-state index in [2.05, 4.69) is 32.4 Å². The van der Waals surface area contributed by atoms with E-state index in [1.807, 2.05) is 49.4 Å². The number of aromatic nitrogens is 2. The van der Waals surface area contributed by atoms with Crippen LogP contribution in [0.1, 0.15) is 30.1 Å². The van der Waals surface area contributed by atoms with Crippen molar-refractivity contribution in [2.75, 3.05) is 39.9 Å². The van der Waals surface area contributed by atoms with Crippen LogP contribution in [0.2, 0.25) is 0 Å². The van der Waals surface area contributed by atoms with E-state index in [1.54, 1.807) is 0 Å². The highest BCUT2D eigenvalue weighted by molar-refractivity contribution is 5.80. The highest BCUT2D eigenvalue weighted by Gasteiger charge is 2.24. The molecule has 1 aromatic heterocycles. The Balaban J connectivity index is 1.34. The second-order valence-electron chi connectivity index (χ2n) is 6.97. The van der Waals surface area contributed by atoms with Crippen LogP contribution in [0.5, 0.6) is 0 Å². The molecular weight excluding hydrogens is 354 g/mol. The van der Waals surface area contributed by atoms with E-state index in [4.69, 9.17) is 9.47 Å². The molecule has 0 spiro atoms. The lowest BCUT2D eigenvalue weighted by Crippen LogP contribution is -2.48. The first-order chi connectivity index (χ1) is 13.8. The summed E-state index contributed by atoms with van der Waals surface area (Å²) in [4.78, 5) is 6.70. The molecule has 0 radical (unpaired) electrons. The maximum atomic E-state index is 5.91. The molecule has 1 saturated heterocycles. The molecule has 1 N–H and O–H groups in total. The Bertz CT molecular complexity index is 731. The lowest BCUT2D eigenvalue weighted by molar-refractivity contribution is -0.00802. The van der Waals surface area contributed by atoms with Crippen molar-refractivity contribution in [3.05, 3.63) is 53.9 Å². The van der Waals surface area contributed by atoms with Crippen molar-refractivity contribution in [2.45, 2.75) is 25.6 Å². The molecule has 0 bridgehead atoms. The van der Waals surface area contributed by atoms with Crippen molar-refractivity contribution in [1.29, 1.82) is 0 Å². The minimum absolute atomic E-state index is 0.0346. The smallest absolute Gasteiger partial charge is 0.193 e. The topological polar surface area (TPSA) is 63.9 Å². The van der Waals surface area contributed by atoms with E-state index < -0.39 is 0 Å². The Morgan fingerprint density at radius 1 is 1.32 bits per heavy atom. The van der Waals surface area contributed by atoms with E-state index in [0.29, 0.717) is 13.2 Å². The number of benzene rings is 1. The van der Waals surface area contributed by atoms with Gasteiger partial charge < -0.3 is 19.7 Å². The average Bonchev–Trinajstić information content (AvgIpc) is 3.17. The molecular formula is C21H31N5O2. The fraction of sp³-hybridized carbons (Fsp3) is 0.524. The Hall–Kier alpha value is -2.38. The molecule has 1 aliphatic rings. The summed E-state index contributed by atoms with van der Waals surface area (Å²) in [6.45, 7) is 4.65. The standard InChI is InChI=1S/C21H31N5O2/c1-22-21(23-10-6-7-12-27-17-18-8-4-3-5-9-18)26-11-13-28-20(16-26)19-14-24-25(2)15-19/h3-5,8-9,14-15,20H,6-7,10-13,16-17H2,1-2H3,(H,22,23). The SMILES string of the molecule is CN=C(NCCCCOCc1ccccc1)N1CCOC(c2cnn(C)c2)C1. The molecule has 2 aromatic rings. The number of hydrogen-bond acceptors (Lipinski definition) is 4. The molecule has 1 aliphatic heterocycles. The molecule has 28 heavy (non-hydrogen) atoms. The molecule has 0 aliphatic carbocycles. The van der Waals surface area contributed by atoms with E-state index in [1.165, 1.54) is 5.56 Å². The van der Waals surface area contributed by atoms with Gasteiger partial charge in [0.1, 0.15) is 6.10 Å². The Morgan fingerprint density at radius 3 is 2.93 bits per heavy atom. The summed E-state index contributed by atoms with van der Waals surface area (Å²) in [5.41, 5.74) is 2.33. The molecule has 1 unspecified atom stereocenters. The van der Waals surface area contributed by atoms with Crippen LogP contribution in [0.4, 0.5) is 0 Å². The first-order valence-corrected chi connectivity index (χ1v) is 9.93. The van der Waals surface area contributed by atoms with Crippen LogP contribution in [-0.2, 0) is 23.1 Å². The molecule has 3 rings (SSSR count). The van der Waals surface area contributed by atoms with Crippen molar-refractivity contribution in [1.82, 2.24) is 20.0 Å². The van der Waals surface area contributed by atoms with Crippen LogP contribution in [0.3, 0.4) is 0 Å². The second kappa shape index (κ2) is 10.8. The third kappa shape index (κ3) is 6.07. The van der Waals surface area contributed by atoms with Crippen molar-refractivity contribution >= 4 is 5.96 Å². The van der Waals surface area contributed by atoms with Gasteiger partial charge in [0.15, 0.2) is 5.96 Å². The molecule has 0 saturated carbocycles. The first-order valence-electron chi connectivity index (χ1n) is 9.93. The highest BCUT2D eigenvalue weighted by Crippen LogP contribution is 2.21. The molecule has 152 valence electrons. The molecule has 0 amide bonds. The Kier molecular flexibility index (Phi) is 7.87. The minimum Gasteiger partial charge on any atom is -0.377 e. The van der Waals surface area contributed by atoms with Crippen LogP contribution in [0.25, 0.3) is 0 Å². The number of unbranched alkanes of at least 4 members (excludes halogenated alkanes) is 1. The maximum absolute atomic E-state index is 5.91. The number of aliphatic imine (C=N–C) groups is 1. The average molecular weight is 386 g/mol. The van der Waals surface area contributed by atoms with Crippen molar-refractivity contribution < 1.29 is 9.47 Å². The minimum atomic E-state index is 0.0346. The summed E-state index contributed by atoms with van der Waals surface area (Å²) >= 11 is 0. The summed E-state index contributed by atoms with van der Waals surface area (Å²) in [5.74, 6) is 0.933. The monoisotopic (exact) mass is 385 g/mol. The van der Waals surface area contributed by atoms with Gasteiger partial charge in [-0.05, 0) is 18.4 Å². The summed E-state index contributed by atoms with van der Waals surface area (Å²) < 4.78 is 13.5. The lowest BCUT2D eigenvalue weighted by atomic mass is 10.1. The van der Waals surface area contributed by atoms with Crippen molar-refractivity contribution in [2.24, 2.45) is 12.0 Å². The summed E-state index contributed by atoms with van der Waals surface area (Å²) in [6, 6.07) is 10.3. The van der Waals surface area contributed by atoms with Crippen LogP contribution < -0.4 is 5.32 Å². The van der Waals surface area contributed by atoms with Crippen molar-refractivity contribution in [3.8, 4) is 0 Å². The fourth-order valence-electron chi connectivity index (χ4n) is 3.28. The second-order valence-corrected chi connectivity index (χ2v) is 6.97. The maximum Gasteiger partial charge on any atom is 0.193 e. The van der Waals surface area contributed by atoms with Crippen LogP contribution in [-0.4, -0.2) is 60.5 Å². The third-order valence-corrected chi connectivity index (χ3v) is 4.78. The van der Waals surface area contributed by atoms with Gasteiger partial charge in [-0.1, -0.05) is 30.3 Å². The van der Waals surface area contributed by atoms with Gasteiger partial charge in [0.05, 0.1) is 26.0 Å². The summed E-state index contributed by atoms with van der Waals surface area (Å²) in [5, 5.41) is 7.72. The molecule has 1 atom stereocenters. The molecule has 7 heteroatoms. The number of guanidine groups is 1. The molecule has 7 nitrogen and oxygen atoms in total. The zero-order valence-corrected chi connectivity index (χ0v) is 16.9. The third-order valence-electron chi connectivity index (χ3n) is 4.78. The Labute approximate surface area is 167 Å². The van der Waals surface area contributed by atoms with Gasteiger partial charge in [-0.2, -0.15) is 5.10 Å². The van der Waals surface area contributed by atoms with E-state index >= 15 is 0 Å². The van der Waals surface area contributed by atoms with Crippen LogP contribution in [0, 0.1) is 0 Å². The normalized spacial score (nSPS) is 17.7. The van der Waals surface area contributed by atoms with Gasteiger partial charge in [0.25, 0.3) is 0 Å². The predicted molar refractivity (Wildman–Crippen MR) is 110 cm³/mol. The van der Waals surface area contributed by atoms with Crippen molar-refractivity contribution in [3.63, 3.8) is 0 Å². The summed E-state index contributed by atoms with van der Waals surface area (Å²) in [6.07, 6.45) is 5.99. The zero-order chi connectivity index (χ0) is 19.6. The highest BCUT2D eigenvalue weighted by atomic mass is 16.5. The number of morpholine rings is 1. The van der Waals surface area contributed by atoms with Gasteiger partial charge in [0, 0.05) is 45.6 Å². The van der Waals surface area contributed by atoms with Gasteiger partial charge in [-0.3, -0.25) is 9.67 Å². The van der Waals surface area contributed by atoms with E-state index in [-0.39, 0.29) is 6.10 Å². The predicted octanol–water partition coefficient (Wildman–Crippen LogP) is 2.37. The number of nitrogens with one attached hydrogen (secondary N) is 1. The largest absolute Gasteiger partial charge is 0.377 e. The first kappa shape index (κ1) is 20.4. The van der Waals surface area contributed by atoms with E-state index in [0.717, 1.165) is 50.6 Å². The number of ether oxygens (including phenoxy) is 2. The Morgan fingerprint density at radius 2 is 2.18 bits per heavy atom. The van der Waals surface area contributed by atoms with Crippen LogP contribution >= 0.6 is 0 Å². The van der Waals surface area contributed by atoms with Gasteiger partial charge in [-0.25, -0.2) is 0 Å². The fourth-order valence-corrected chi connectivity index (χ4v) is 3.28. The number of nitrogens with zero attached hydrogens (tertiary/aromatic N) is 4. The number of aryl methyl sites for hydroxylation is 1. The number of rotatable bonds is 8. The molecule has 2 heterocycles.